The molecule has 0 atom stereocenters. The van der Waals surface area contributed by atoms with E-state index in [9.17, 15) is 0 Å². The first-order chi connectivity index (χ1) is 13.3. The van der Waals surface area contributed by atoms with Gasteiger partial charge in [0.15, 0.2) is 0 Å². The second kappa shape index (κ2) is 5.45. The van der Waals surface area contributed by atoms with E-state index in [0.29, 0.717) is 0 Å². The van der Waals surface area contributed by atoms with Crippen molar-refractivity contribution in [2.75, 3.05) is 0 Å². The lowest BCUT2D eigenvalue weighted by Gasteiger charge is -2.04. The van der Waals surface area contributed by atoms with Gasteiger partial charge in [-0.2, -0.15) is 0 Å². The summed E-state index contributed by atoms with van der Waals surface area (Å²) >= 11 is 1.90. The number of benzene rings is 4. The van der Waals surface area contributed by atoms with Crippen molar-refractivity contribution in [3.63, 3.8) is 0 Å². The van der Waals surface area contributed by atoms with Crippen molar-refractivity contribution in [3.05, 3.63) is 84.9 Å². The molecule has 0 aliphatic carbocycles. The Hall–Kier alpha value is -3.10. The molecule has 0 saturated heterocycles. The summed E-state index contributed by atoms with van der Waals surface area (Å²) in [4.78, 5) is 0. The fourth-order valence-electron chi connectivity index (χ4n) is 4.39. The van der Waals surface area contributed by atoms with Crippen molar-refractivity contribution in [3.8, 4) is 11.1 Å². The molecule has 1 nitrogen and oxygen atoms in total. The first-order valence-electron chi connectivity index (χ1n) is 9.20. The van der Waals surface area contributed by atoms with Crippen LogP contribution < -0.4 is 0 Å². The smallest absolute Gasteiger partial charge is 0.0670 e. The Bertz CT molecular complexity index is 1470. The second-order valence-corrected chi connectivity index (χ2v) is 8.11. The summed E-state index contributed by atoms with van der Waals surface area (Å²) < 4.78 is 5.11. The van der Waals surface area contributed by atoms with Crippen LogP contribution in [0.25, 0.3) is 53.1 Å². The molecule has 0 bridgehead atoms. The van der Waals surface area contributed by atoms with E-state index in [1.165, 1.54) is 53.1 Å². The van der Waals surface area contributed by atoms with Crippen LogP contribution in [0.1, 0.15) is 0 Å². The first kappa shape index (κ1) is 15.0. The minimum absolute atomic E-state index is 1.27. The lowest BCUT2D eigenvalue weighted by atomic mass is 9.99. The van der Waals surface area contributed by atoms with Crippen LogP contribution in [0.2, 0.25) is 0 Å². The third kappa shape index (κ3) is 1.99. The number of nitrogens with zero attached hydrogens (tertiary/aromatic N) is 1. The lowest BCUT2D eigenvalue weighted by molar-refractivity contribution is 1.02. The number of aromatic nitrogens is 1. The van der Waals surface area contributed by atoms with Crippen molar-refractivity contribution < 1.29 is 0 Å². The molecule has 128 valence electrons. The molecule has 2 aromatic heterocycles. The monoisotopic (exact) mass is 363 g/mol. The molecule has 6 rings (SSSR count). The Labute approximate surface area is 161 Å². The van der Waals surface area contributed by atoms with Gasteiger partial charge in [-0.3, -0.25) is 0 Å². The van der Waals surface area contributed by atoms with E-state index in [4.69, 9.17) is 0 Å². The maximum atomic E-state index is 2.37. The molecule has 0 spiro atoms. The van der Waals surface area contributed by atoms with Crippen molar-refractivity contribution in [2.45, 2.75) is 0 Å². The quantitative estimate of drug-likeness (QED) is 0.287. The topological polar surface area (TPSA) is 4.93 Å². The van der Waals surface area contributed by atoms with Crippen LogP contribution >= 0.6 is 11.3 Å². The molecule has 0 fully saturated rings. The molecule has 0 radical (unpaired) electrons. The van der Waals surface area contributed by atoms with Crippen molar-refractivity contribution in [2.24, 2.45) is 7.05 Å². The average molecular weight is 363 g/mol. The summed E-state index contributed by atoms with van der Waals surface area (Å²) in [5.74, 6) is 0. The van der Waals surface area contributed by atoms with Crippen LogP contribution in [0.3, 0.4) is 0 Å². The van der Waals surface area contributed by atoms with Gasteiger partial charge in [0.05, 0.1) is 10.2 Å². The molecule has 2 heterocycles. The maximum absolute atomic E-state index is 2.37. The third-order valence-electron chi connectivity index (χ3n) is 5.61. The van der Waals surface area contributed by atoms with E-state index in [-0.39, 0.29) is 0 Å². The normalized spacial score (nSPS) is 11.9. The molecular weight excluding hydrogens is 346 g/mol. The predicted octanol–water partition coefficient (Wildman–Crippen LogP) is 7.37. The number of fused-ring (bicyclic) bond motifs is 7. The molecule has 0 amide bonds. The van der Waals surface area contributed by atoms with Crippen LogP contribution in [0.4, 0.5) is 0 Å². The van der Waals surface area contributed by atoms with Crippen LogP contribution in [-0.4, -0.2) is 4.57 Å². The van der Waals surface area contributed by atoms with E-state index in [0.717, 1.165) is 0 Å². The minimum atomic E-state index is 1.27. The van der Waals surface area contributed by atoms with Gasteiger partial charge in [0.2, 0.25) is 0 Å². The summed E-state index contributed by atoms with van der Waals surface area (Å²) in [6, 6.07) is 30.7. The highest BCUT2D eigenvalue weighted by Gasteiger charge is 2.17. The first-order valence-corrected chi connectivity index (χ1v) is 10.0. The zero-order valence-electron chi connectivity index (χ0n) is 14.9. The second-order valence-electron chi connectivity index (χ2n) is 7.06. The Morgan fingerprint density at radius 2 is 1.44 bits per heavy atom. The Morgan fingerprint density at radius 3 is 2.33 bits per heavy atom. The summed E-state index contributed by atoms with van der Waals surface area (Å²) in [5, 5.41) is 5.40. The summed E-state index contributed by atoms with van der Waals surface area (Å²) in [6.45, 7) is 0. The Balaban J connectivity index is 1.84. The Kier molecular flexibility index (Phi) is 3.03. The number of aryl methyl sites for hydroxylation is 1. The van der Waals surface area contributed by atoms with Gasteiger partial charge in [0.25, 0.3) is 0 Å². The number of hydrogen-bond acceptors (Lipinski definition) is 1. The van der Waals surface area contributed by atoms with Crippen molar-refractivity contribution in [1.82, 2.24) is 4.57 Å². The van der Waals surface area contributed by atoms with E-state index in [1.54, 1.807) is 0 Å². The highest BCUT2D eigenvalue weighted by atomic mass is 32.1. The van der Waals surface area contributed by atoms with E-state index in [2.05, 4.69) is 96.5 Å². The molecule has 4 aromatic carbocycles. The minimum Gasteiger partial charge on any atom is -0.342 e. The van der Waals surface area contributed by atoms with Crippen LogP contribution in [0.15, 0.2) is 84.9 Å². The fourth-order valence-corrected chi connectivity index (χ4v) is 5.68. The van der Waals surface area contributed by atoms with Crippen molar-refractivity contribution >= 4 is 53.3 Å². The highest BCUT2D eigenvalue weighted by molar-refractivity contribution is 7.26. The van der Waals surface area contributed by atoms with Gasteiger partial charge in [0, 0.05) is 38.8 Å². The summed E-state index contributed by atoms with van der Waals surface area (Å²) in [6.07, 6.45) is 0. The predicted molar refractivity (Wildman–Crippen MR) is 119 cm³/mol. The van der Waals surface area contributed by atoms with Gasteiger partial charge in [-0.05, 0) is 23.3 Å². The molecule has 2 heteroatoms. The molecule has 0 N–H and O–H groups in total. The molecular formula is C25H17NS. The van der Waals surface area contributed by atoms with E-state index < -0.39 is 0 Å². The number of rotatable bonds is 1. The maximum Gasteiger partial charge on any atom is 0.0670 e. The van der Waals surface area contributed by atoms with Crippen molar-refractivity contribution in [1.29, 1.82) is 0 Å². The highest BCUT2D eigenvalue weighted by Crippen LogP contribution is 2.43. The fraction of sp³-hybridized carbons (Fsp3) is 0.0400. The lowest BCUT2D eigenvalue weighted by Crippen LogP contribution is -1.86. The average Bonchev–Trinajstić information content (AvgIpc) is 3.24. The zero-order chi connectivity index (χ0) is 18.0. The molecule has 27 heavy (non-hydrogen) atoms. The molecule has 0 aliphatic heterocycles. The van der Waals surface area contributed by atoms with Gasteiger partial charge >= 0.3 is 0 Å². The van der Waals surface area contributed by atoms with Crippen LogP contribution in [-0.2, 0) is 7.05 Å². The van der Waals surface area contributed by atoms with Gasteiger partial charge in [0.1, 0.15) is 0 Å². The van der Waals surface area contributed by atoms with E-state index >= 15 is 0 Å². The SMILES string of the molecule is Cn1c2cccc(-c3ccccc3)c2c2ccc3c4ccccc4sc3c21. The van der Waals surface area contributed by atoms with Gasteiger partial charge in [-0.1, -0.05) is 72.8 Å². The Morgan fingerprint density at radius 1 is 0.667 bits per heavy atom. The molecule has 6 aromatic rings. The zero-order valence-corrected chi connectivity index (χ0v) is 15.8. The molecule has 0 aliphatic rings. The van der Waals surface area contributed by atoms with Crippen LogP contribution in [0.5, 0.6) is 0 Å². The van der Waals surface area contributed by atoms with Gasteiger partial charge in [-0.25, -0.2) is 0 Å². The third-order valence-corrected chi connectivity index (χ3v) is 6.81. The number of hydrogen-bond donors (Lipinski definition) is 0. The number of thiophene rings is 1. The van der Waals surface area contributed by atoms with E-state index in [1.807, 2.05) is 11.3 Å². The standard InChI is InChI=1S/C25H17NS/c1-26-21-12-7-11-17(16-8-3-2-4-9-16)23(21)20-15-14-19-18-10-5-6-13-22(18)27-25(19)24(20)26/h2-15H,1H3. The largest absolute Gasteiger partial charge is 0.342 e. The molecule has 0 saturated carbocycles. The van der Waals surface area contributed by atoms with Gasteiger partial charge < -0.3 is 4.57 Å². The summed E-state index contributed by atoms with van der Waals surface area (Å²) in [7, 11) is 2.20. The van der Waals surface area contributed by atoms with Crippen LogP contribution in [0, 0.1) is 0 Å². The molecule has 0 unspecified atom stereocenters. The van der Waals surface area contributed by atoms with Gasteiger partial charge in [-0.15, -0.1) is 11.3 Å². The summed E-state index contributed by atoms with van der Waals surface area (Å²) in [5.41, 5.74) is 5.20.